The first-order valence-electron chi connectivity index (χ1n) is 5.07. The minimum Gasteiger partial charge on any atom is -0.480 e. The molecule has 1 aromatic rings. The molecule has 1 aliphatic heterocycles. The molecule has 0 fully saturated rings. The number of benzene rings is 1. The fourth-order valence-electron chi connectivity index (χ4n) is 1.66. The molecule has 6 heteroatoms. The highest BCUT2D eigenvalue weighted by Gasteiger charge is 2.20. The van der Waals surface area contributed by atoms with Crippen LogP contribution in [0, 0.1) is 0 Å². The zero-order chi connectivity index (χ0) is 12.4. The van der Waals surface area contributed by atoms with E-state index in [9.17, 15) is 9.18 Å². The van der Waals surface area contributed by atoms with Crippen LogP contribution in [-0.4, -0.2) is 23.9 Å². The van der Waals surface area contributed by atoms with Crippen LogP contribution in [0.25, 0.3) is 0 Å². The minimum atomic E-state index is -1.12. The van der Waals surface area contributed by atoms with E-state index < -0.39 is 18.7 Å². The summed E-state index contributed by atoms with van der Waals surface area (Å²) in [5.74, 6) is -0.146. The molecule has 0 aliphatic carbocycles. The second kappa shape index (κ2) is 4.58. The van der Waals surface area contributed by atoms with Crippen LogP contribution in [0.15, 0.2) is 12.1 Å². The zero-order valence-electron chi connectivity index (χ0n) is 8.98. The molecule has 92 valence electrons. The summed E-state index contributed by atoms with van der Waals surface area (Å²) in [5.41, 5.74) is 6.34. The van der Waals surface area contributed by atoms with Crippen molar-refractivity contribution >= 4 is 5.97 Å². The Morgan fingerprint density at radius 1 is 1.41 bits per heavy atom. The first-order chi connectivity index (χ1) is 8.11. The van der Waals surface area contributed by atoms with Gasteiger partial charge in [-0.05, 0) is 29.7 Å². The van der Waals surface area contributed by atoms with Gasteiger partial charge < -0.3 is 20.3 Å². The molecule has 0 radical (unpaired) electrons. The van der Waals surface area contributed by atoms with E-state index in [0.717, 1.165) is 0 Å². The van der Waals surface area contributed by atoms with Gasteiger partial charge in [-0.15, -0.1) is 0 Å². The minimum absolute atomic E-state index is 0.0607. The van der Waals surface area contributed by atoms with Crippen molar-refractivity contribution in [3.63, 3.8) is 0 Å². The summed E-state index contributed by atoms with van der Waals surface area (Å²) < 4.78 is 23.1. The number of hydrogen-bond acceptors (Lipinski definition) is 4. The van der Waals surface area contributed by atoms with Crippen molar-refractivity contribution in [3.05, 3.63) is 23.3 Å². The van der Waals surface area contributed by atoms with Gasteiger partial charge in [-0.3, -0.25) is 4.79 Å². The van der Waals surface area contributed by atoms with Crippen molar-refractivity contribution in [1.82, 2.24) is 0 Å². The van der Waals surface area contributed by atoms with E-state index in [0.29, 0.717) is 22.6 Å². The average Bonchev–Trinajstić information content (AvgIpc) is 2.74. The lowest BCUT2D eigenvalue weighted by Gasteiger charge is -2.11. The molecule has 1 aliphatic rings. The molecule has 0 aromatic heterocycles. The normalized spacial score (nSPS) is 14.7. The highest BCUT2D eigenvalue weighted by Crippen LogP contribution is 2.35. The smallest absolute Gasteiger partial charge is 0.320 e. The third-order valence-corrected chi connectivity index (χ3v) is 2.60. The Morgan fingerprint density at radius 2 is 2.00 bits per heavy atom. The maximum absolute atomic E-state index is 12.8. The topological polar surface area (TPSA) is 81.8 Å². The van der Waals surface area contributed by atoms with E-state index in [1.54, 1.807) is 6.07 Å². The monoisotopic (exact) mass is 241 g/mol. The van der Waals surface area contributed by atoms with Crippen molar-refractivity contribution in [1.29, 1.82) is 0 Å². The van der Waals surface area contributed by atoms with Crippen LogP contribution in [0.4, 0.5) is 4.39 Å². The van der Waals surface area contributed by atoms with E-state index >= 15 is 0 Å². The second-order valence-corrected chi connectivity index (χ2v) is 3.76. The summed E-state index contributed by atoms with van der Waals surface area (Å²) in [4.78, 5) is 10.7. The standard InChI is InChI=1S/C11H12FNO4/c12-4-7-3-10-9(16-5-17-10)2-6(7)1-8(13)11(14)15/h2-3,8H,1,4-5,13H2,(H,14,15). The largest absolute Gasteiger partial charge is 0.480 e. The predicted molar refractivity (Wildman–Crippen MR) is 56.7 cm³/mol. The Bertz CT molecular complexity index is 449. The lowest BCUT2D eigenvalue weighted by atomic mass is 10.0. The van der Waals surface area contributed by atoms with Crippen molar-refractivity contribution in [2.75, 3.05) is 6.79 Å². The fraction of sp³-hybridized carbons (Fsp3) is 0.364. The second-order valence-electron chi connectivity index (χ2n) is 3.76. The van der Waals surface area contributed by atoms with Crippen LogP contribution in [0.1, 0.15) is 11.1 Å². The van der Waals surface area contributed by atoms with Crippen molar-refractivity contribution in [2.24, 2.45) is 5.73 Å². The van der Waals surface area contributed by atoms with Crippen LogP contribution >= 0.6 is 0 Å². The summed E-state index contributed by atoms with van der Waals surface area (Å²) >= 11 is 0. The van der Waals surface area contributed by atoms with E-state index in [1.165, 1.54) is 6.07 Å². The molecular weight excluding hydrogens is 229 g/mol. The number of aliphatic carboxylic acids is 1. The van der Waals surface area contributed by atoms with Crippen molar-refractivity contribution in [2.45, 2.75) is 19.1 Å². The van der Waals surface area contributed by atoms with Gasteiger partial charge in [-0.2, -0.15) is 0 Å². The maximum Gasteiger partial charge on any atom is 0.320 e. The number of ether oxygens (including phenoxy) is 2. The number of nitrogens with two attached hydrogens (primary N) is 1. The van der Waals surface area contributed by atoms with Gasteiger partial charge in [0.15, 0.2) is 11.5 Å². The molecule has 0 spiro atoms. The summed E-state index contributed by atoms with van der Waals surface area (Å²) in [7, 11) is 0. The van der Waals surface area contributed by atoms with Gasteiger partial charge in [0, 0.05) is 0 Å². The first-order valence-corrected chi connectivity index (χ1v) is 5.07. The lowest BCUT2D eigenvalue weighted by molar-refractivity contribution is -0.138. The molecular formula is C11H12FNO4. The molecule has 0 bridgehead atoms. The molecule has 0 saturated carbocycles. The van der Waals surface area contributed by atoms with Crippen LogP contribution in [0.3, 0.4) is 0 Å². The predicted octanol–water partition coefficient (Wildman–Crippen LogP) is 0.839. The Morgan fingerprint density at radius 3 is 2.53 bits per heavy atom. The van der Waals surface area contributed by atoms with Crippen LogP contribution in [0.5, 0.6) is 11.5 Å². The van der Waals surface area contributed by atoms with Gasteiger partial charge in [-0.25, -0.2) is 4.39 Å². The van der Waals surface area contributed by atoms with Gasteiger partial charge in [0.25, 0.3) is 0 Å². The third kappa shape index (κ3) is 2.31. The number of carboxylic acid groups (broad SMARTS) is 1. The van der Waals surface area contributed by atoms with Crippen molar-refractivity contribution in [3.8, 4) is 11.5 Å². The number of alkyl halides is 1. The Kier molecular flexibility index (Phi) is 3.14. The number of carbonyl (C=O) groups is 1. The summed E-state index contributed by atoms with van der Waals surface area (Å²) in [5, 5.41) is 8.73. The molecule has 0 amide bonds. The number of halogens is 1. The van der Waals surface area contributed by atoms with Gasteiger partial charge in [0.2, 0.25) is 6.79 Å². The lowest BCUT2D eigenvalue weighted by Crippen LogP contribution is -2.32. The average molecular weight is 241 g/mol. The highest BCUT2D eigenvalue weighted by atomic mass is 19.1. The molecule has 2 rings (SSSR count). The van der Waals surface area contributed by atoms with Gasteiger partial charge in [0.05, 0.1) is 0 Å². The highest BCUT2D eigenvalue weighted by molar-refractivity contribution is 5.73. The Hall–Kier alpha value is -1.82. The molecule has 1 heterocycles. The van der Waals surface area contributed by atoms with Gasteiger partial charge in [0.1, 0.15) is 12.7 Å². The molecule has 1 aromatic carbocycles. The van der Waals surface area contributed by atoms with Crippen LogP contribution in [0.2, 0.25) is 0 Å². The van der Waals surface area contributed by atoms with Gasteiger partial charge in [-0.1, -0.05) is 0 Å². The molecule has 1 atom stereocenters. The molecule has 0 saturated heterocycles. The summed E-state index contributed by atoms with van der Waals surface area (Å²) in [6.07, 6.45) is 0.0607. The first kappa shape index (κ1) is 11.7. The molecule has 5 nitrogen and oxygen atoms in total. The van der Waals surface area contributed by atoms with E-state index in [4.69, 9.17) is 20.3 Å². The van der Waals surface area contributed by atoms with E-state index in [1.807, 2.05) is 0 Å². The summed E-state index contributed by atoms with van der Waals surface area (Å²) in [6, 6.07) is 2.05. The quantitative estimate of drug-likeness (QED) is 0.816. The van der Waals surface area contributed by atoms with E-state index in [-0.39, 0.29) is 13.2 Å². The number of carboxylic acids is 1. The molecule has 17 heavy (non-hydrogen) atoms. The number of hydrogen-bond donors (Lipinski definition) is 2. The number of fused-ring (bicyclic) bond motifs is 1. The third-order valence-electron chi connectivity index (χ3n) is 2.60. The fourth-order valence-corrected chi connectivity index (χ4v) is 1.66. The van der Waals surface area contributed by atoms with Crippen LogP contribution in [-0.2, 0) is 17.9 Å². The Labute approximate surface area is 96.9 Å². The van der Waals surface area contributed by atoms with Gasteiger partial charge >= 0.3 is 5.97 Å². The van der Waals surface area contributed by atoms with Crippen LogP contribution < -0.4 is 15.2 Å². The molecule has 3 N–H and O–H groups in total. The Balaban J connectivity index is 2.29. The maximum atomic E-state index is 12.8. The molecule has 1 unspecified atom stereocenters. The summed E-state index contributed by atoms with van der Waals surface area (Å²) in [6.45, 7) is -0.603. The zero-order valence-corrected chi connectivity index (χ0v) is 8.98. The number of rotatable bonds is 4. The SMILES string of the molecule is NC(Cc1cc2c(cc1CF)OCO2)C(=O)O. The van der Waals surface area contributed by atoms with Crippen molar-refractivity contribution < 1.29 is 23.8 Å². The van der Waals surface area contributed by atoms with E-state index in [2.05, 4.69) is 0 Å².